The Morgan fingerprint density at radius 2 is 1.95 bits per heavy atom. The van der Waals surface area contributed by atoms with Gasteiger partial charge in [-0.25, -0.2) is 0 Å². The summed E-state index contributed by atoms with van der Waals surface area (Å²) in [5.41, 5.74) is 2.76. The summed E-state index contributed by atoms with van der Waals surface area (Å²) in [5, 5.41) is 4.29. The van der Waals surface area contributed by atoms with Crippen molar-refractivity contribution in [2.45, 2.75) is 32.0 Å². The Morgan fingerprint density at radius 1 is 1.05 bits per heavy atom. The van der Waals surface area contributed by atoms with Crippen LogP contribution in [-0.2, 0) is 13.1 Å². The molecule has 0 bridgehead atoms. The molecule has 0 amide bonds. The summed E-state index contributed by atoms with van der Waals surface area (Å²) in [6.45, 7) is 6.95. The van der Waals surface area contributed by atoms with Crippen molar-refractivity contribution in [3.63, 3.8) is 0 Å². The lowest BCUT2D eigenvalue weighted by Crippen LogP contribution is -2.49. The monoisotopic (exact) mass is 296 g/mol. The van der Waals surface area contributed by atoms with Gasteiger partial charge in [-0.05, 0) is 36.6 Å². The first-order valence-electron chi connectivity index (χ1n) is 8.38. The molecule has 2 aliphatic heterocycles. The fraction of sp³-hybridized carbons (Fsp3) is 0.500. The Labute approximate surface area is 132 Å². The molecule has 1 aromatic carbocycles. The zero-order valence-corrected chi connectivity index (χ0v) is 13.1. The van der Waals surface area contributed by atoms with Gasteiger partial charge in [0.1, 0.15) is 0 Å². The van der Waals surface area contributed by atoms with Gasteiger partial charge in [0.2, 0.25) is 0 Å². The molecule has 1 aromatic heterocycles. The summed E-state index contributed by atoms with van der Waals surface area (Å²) in [7, 11) is 0. The Morgan fingerprint density at radius 3 is 2.82 bits per heavy atom. The van der Waals surface area contributed by atoms with Crippen molar-refractivity contribution in [3.05, 3.63) is 53.9 Å². The van der Waals surface area contributed by atoms with E-state index in [1.54, 1.807) is 0 Å². The Balaban J connectivity index is 1.40. The number of fused-ring (bicyclic) bond motifs is 1. The van der Waals surface area contributed by atoms with Gasteiger partial charge in [-0.2, -0.15) is 5.10 Å². The molecule has 4 nitrogen and oxygen atoms in total. The van der Waals surface area contributed by atoms with E-state index in [9.17, 15) is 0 Å². The first-order chi connectivity index (χ1) is 10.9. The van der Waals surface area contributed by atoms with Crippen LogP contribution in [0.5, 0.6) is 0 Å². The average molecular weight is 296 g/mol. The second-order valence-corrected chi connectivity index (χ2v) is 6.59. The predicted molar refractivity (Wildman–Crippen MR) is 87.6 cm³/mol. The first kappa shape index (κ1) is 14.0. The lowest BCUT2D eigenvalue weighted by atomic mass is 10.1. The van der Waals surface area contributed by atoms with Crippen LogP contribution in [0.4, 0.5) is 0 Å². The maximum atomic E-state index is 4.29. The van der Waals surface area contributed by atoms with Crippen LogP contribution in [0.15, 0.2) is 42.7 Å². The van der Waals surface area contributed by atoms with E-state index in [0.29, 0.717) is 0 Å². The molecule has 0 saturated carbocycles. The highest BCUT2D eigenvalue weighted by Gasteiger charge is 2.30. The van der Waals surface area contributed by atoms with Gasteiger partial charge in [0.15, 0.2) is 0 Å². The third kappa shape index (κ3) is 3.08. The van der Waals surface area contributed by atoms with E-state index in [-0.39, 0.29) is 0 Å². The van der Waals surface area contributed by atoms with Gasteiger partial charge in [-0.3, -0.25) is 14.5 Å². The van der Waals surface area contributed by atoms with Gasteiger partial charge in [0.25, 0.3) is 0 Å². The third-order valence-electron chi connectivity index (χ3n) is 4.97. The van der Waals surface area contributed by atoms with Crippen molar-refractivity contribution in [1.29, 1.82) is 0 Å². The molecule has 1 atom stereocenters. The van der Waals surface area contributed by atoms with Crippen LogP contribution in [-0.4, -0.2) is 51.8 Å². The quantitative estimate of drug-likeness (QED) is 0.864. The van der Waals surface area contributed by atoms with E-state index in [4.69, 9.17) is 0 Å². The second kappa shape index (κ2) is 6.23. The number of aromatic nitrogens is 2. The summed E-state index contributed by atoms with van der Waals surface area (Å²) >= 11 is 0. The van der Waals surface area contributed by atoms with Crippen molar-refractivity contribution in [2.24, 2.45) is 0 Å². The molecule has 1 unspecified atom stereocenters. The fourth-order valence-corrected chi connectivity index (χ4v) is 3.86. The Kier molecular flexibility index (Phi) is 3.95. The van der Waals surface area contributed by atoms with Crippen molar-refractivity contribution in [2.75, 3.05) is 26.2 Å². The maximum absolute atomic E-state index is 4.29. The van der Waals surface area contributed by atoms with Gasteiger partial charge in [0, 0.05) is 44.6 Å². The molecule has 0 spiro atoms. The van der Waals surface area contributed by atoms with E-state index in [1.165, 1.54) is 50.1 Å². The van der Waals surface area contributed by atoms with Crippen molar-refractivity contribution in [1.82, 2.24) is 19.6 Å². The summed E-state index contributed by atoms with van der Waals surface area (Å²) in [5.74, 6) is 0. The minimum atomic E-state index is 0.806. The largest absolute Gasteiger partial charge is 0.298 e. The normalized spacial score (nSPS) is 22.8. The highest BCUT2D eigenvalue weighted by atomic mass is 15.3. The number of piperazine rings is 1. The number of hydrogen-bond acceptors (Lipinski definition) is 3. The topological polar surface area (TPSA) is 24.3 Å². The van der Waals surface area contributed by atoms with E-state index < -0.39 is 0 Å². The van der Waals surface area contributed by atoms with Crippen LogP contribution in [0.25, 0.3) is 0 Å². The molecule has 116 valence electrons. The zero-order valence-electron chi connectivity index (χ0n) is 13.1. The standard InChI is InChI=1S/C18H24N4/c1-4-16(12-17(5-1)14-22-9-3-7-19-22)13-20-10-11-21-8-2-6-18(21)15-20/h1,3-5,7,9,12,18H,2,6,8,10-11,13-15H2. The van der Waals surface area contributed by atoms with Gasteiger partial charge < -0.3 is 0 Å². The molecule has 2 fully saturated rings. The zero-order chi connectivity index (χ0) is 14.8. The van der Waals surface area contributed by atoms with E-state index in [1.807, 2.05) is 23.1 Å². The van der Waals surface area contributed by atoms with Gasteiger partial charge >= 0.3 is 0 Å². The summed E-state index contributed by atoms with van der Waals surface area (Å²) in [6, 6.07) is 11.8. The molecule has 3 heterocycles. The molecule has 0 aliphatic carbocycles. The third-order valence-corrected chi connectivity index (χ3v) is 4.97. The number of rotatable bonds is 4. The second-order valence-electron chi connectivity index (χ2n) is 6.59. The highest BCUT2D eigenvalue weighted by molar-refractivity contribution is 5.23. The minimum Gasteiger partial charge on any atom is -0.298 e. The van der Waals surface area contributed by atoms with Crippen LogP contribution in [0.1, 0.15) is 24.0 Å². The van der Waals surface area contributed by atoms with Crippen LogP contribution in [0.2, 0.25) is 0 Å². The van der Waals surface area contributed by atoms with E-state index in [0.717, 1.165) is 19.1 Å². The molecule has 4 rings (SSSR count). The molecular formula is C18H24N4. The molecule has 2 aliphatic rings. The summed E-state index contributed by atoms with van der Waals surface area (Å²) in [4.78, 5) is 5.30. The summed E-state index contributed by atoms with van der Waals surface area (Å²) < 4.78 is 1.98. The fourth-order valence-electron chi connectivity index (χ4n) is 3.86. The van der Waals surface area contributed by atoms with Crippen LogP contribution < -0.4 is 0 Å². The SMILES string of the molecule is c1cc(CN2CCN3CCCC3C2)cc(Cn2cccn2)c1. The molecule has 2 saturated heterocycles. The smallest absolute Gasteiger partial charge is 0.0659 e. The average Bonchev–Trinajstić information content (AvgIpc) is 3.18. The van der Waals surface area contributed by atoms with E-state index >= 15 is 0 Å². The Bertz CT molecular complexity index is 607. The number of nitrogens with zero attached hydrogens (tertiary/aromatic N) is 4. The molecule has 0 radical (unpaired) electrons. The van der Waals surface area contributed by atoms with Crippen LogP contribution in [0.3, 0.4) is 0 Å². The number of hydrogen-bond donors (Lipinski definition) is 0. The van der Waals surface area contributed by atoms with Crippen LogP contribution >= 0.6 is 0 Å². The van der Waals surface area contributed by atoms with Gasteiger partial charge in [-0.1, -0.05) is 24.3 Å². The van der Waals surface area contributed by atoms with Crippen molar-refractivity contribution in [3.8, 4) is 0 Å². The molecule has 0 N–H and O–H groups in total. The van der Waals surface area contributed by atoms with Gasteiger partial charge in [0.05, 0.1) is 6.54 Å². The summed E-state index contributed by atoms with van der Waals surface area (Å²) in [6.07, 6.45) is 6.63. The van der Waals surface area contributed by atoms with Gasteiger partial charge in [-0.15, -0.1) is 0 Å². The number of benzene rings is 1. The molecular weight excluding hydrogens is 272 g/mol. The molecule has 4 heteroatoms. The van der Waals surface area contributed by atoms with Crippen LogP contribution in [0, 0.1) is 0 Å². The van der Waals surface area contributed by atoms with Crippen molar-refractivity contribution >= 4 is 0 Å². The first-order valence-corrected chi connectivity index (χ1v) is 8.38. The molecule has 2 aromatic rings. The minimum absolute atomic E-state index is 0.806. The lowest BCUT2D eigenvalue weighted by Gasteiger charge is -2.37. The Hall–Kier alpha value is -1.65. The lowest BCUT2D eigenvalue weighted by molar-refractivity contribution is 0.0993. The maximum Gasteiger partial charge on any atom is 0.0659 e. The van der Waals surface area contributed by atoms with E-state index in [2.05, 4.69) is 39.2 Å². The predicted octanol–water partition coefficient (Wildman–Crippen LogP) is 2.21. The van der Waals surface area contributed by atoms with Crippen molar-refractivity contribution < 1.29 is 0 Å². The molecule has 22 heavy (non-hydrogen) atoms. The highest BCUT2D eigenvalue weighted by Crippen LogP contribution is 2.22.